The second-order valence-corrected chi connectivity index (χ2v) is 5.39. The normalized spacial score (nSPS) is 18.0. The molecule has 1 aliphatic rings. The maximum absolute atomic E-state index is 14.0. The number of aryl methyl sites for hydroxylation is 1. The molecule has 1 aromatic rings. The molecule has 114 valence electrons. The van der Waals surface area contributed by atoms with Gasteiger partial charge in [-0.2, -0.15) is 0 Å². The van der Waals surface area contributed by atoms with Crippen LogP contribution >= 0.6 is 0 Å². The van der Waals surface area contributed by atoms with Crippen LogP contribution in [-0.2, 0) is 4.79 Å². The van der Waals surface area contributed by atoms with Gasteiger partial charge in [0.2, 0.25) is 0 Å². The third-order valence-electron chi connectivity index (χ3n) is 3.84. The maximum atomic E-state index is 14.0. The molecule has 0 aliphatic carbocycles. The summed E-state index contributed by atoms with van der Waals surface area (Å²) in [5, 5.41) is 8.65. The molecule has 1 heterocycles. The number of amides is 1. The summed E-state index contributed by atoms with van der Waals surface area (Å²) >= 11 is 0. The number of hydrogen-bond acceptors (Lipinski definition) is 2. The van der Waals surface area contributed by atoms with Gasteiger partial charge in [0.25, 0.3) is 5.91 Å². The number of benzene rings is 1. The molecule has 2 rings (SSSR count). The van der Waals surface area contributed by atoms with Crippen LogP contribution in [0.15, 0.2) is 12.1 Å². The van der Waals surface area contributed by atoms with Gasteiger partial charge in [-0.25, -0.2) is 8.78 Å². The van der Waals surface area contributed by atoms with E-state index in [0.717, 1.165) is 6.07 Å². The number of aliphatic carboxylic acids is 1. The number of likely N-dealkylation sites (tertiary alicyclic amines) is 1. The summed E-state index contributed by atoms with van der Waals surface area (Å²) in [6, 6.07) is 2.38. The largest absolute Gasteiger partial charge is 0.481 e. The smallest absolute Gasteiger partial charge is 0.303 e. The van der Waals surface area contributed by atoms with Gasteiger partial charge in [0.05, 0.1) is 0 Å². The first-order valence-electron chi connectivity index (χ1n) is 6.85. The van der Waals surface area contributed by atoms with E-state index >= 15 is 0 Å². The molecular formula is C15H17F2NO3. The molecule has 1 fully saturated rings. The minimum atomic E-state index is -0.879. The van der Waals surface area contributed by atoms with Gasteiger partial charge in [-0.05, 0) is 37.3 Å². The molecule has 0 spiro atoms. The van der Waals surface area contributed by atoms with Crippen LogP contribution in [0.5, 0.6) is 0 Å². The summed E-state index contributed by atoms with van der Waals surface area (Å²) < 4.78 is 27.7. The molecule has 1 amide bonds. The predicted molar refractivity (Wildman–Crippen MR) is 72.0 cm³/mol. The lowest BCUT2D eigenvalue weighted by atomic mass is 10.0. The van der Waals surface area contributed by atoms with Crippen molar-refractivity contribution in [2.45, 2.75) is 26.2 Å². The zero-order chi connectivity index (χ0) is 15.6. The quantitative estimate of drug-likeness (QED) is 0.929. The first-order chi connectivity index (χ1) is 9.90. The molecule has 4 nitrogen and oxygen atoms in total. The number of carboxylic acids is 1. The molecule has 1 N–H and O–H groups in total. The lowest BCUT2D eigenvalue weighted by molar-refractivity contribution is -0.137. The van der Waals surface area contributed by atoms with Gasteiger partial charge in [-0.3, -0.25) is 9.59 Å². The van der Waals surface area contributed by atoms with Gasteiger partial charge in [0, 0.05) is 19.5 Å². The first kappa shape index (κ1) is 15.4. The maximum Gasteiger partial charge on any atom is 0.303 e. The van der Waals surface area contributed by atoms with E-state index in [1.54, 1.807) is 0 Å². The van der Waals surface area contributed by atoms with E-state index in [-0.39, 0.29) is 17.9 Å². The minimum absolute atomic E-state index is 0.0415. The van der Waals surface area contributed by atoms with Crippen LogP contribution in [0.25, 0.3) is 0 Å². The van der Waals surface area contributed by atoms with Crippen molar-refractivity contribution in [2.24, 2.45) is 5.92 Å². The summed E-state index contributed by atoms with van der Waals surface area (Å²) in [4.78, 5) is 24.2. The summed E-state index contributed by atoms with van der Waals surface area (Å²) in [5.41, 5.74) is -0.296. The van der Waals surface area contributed by atoms with Crippen molar-refractivity contribution in [1.29, 1.82) is 0 Å². The van der Waals surface area contributed by atoms with E-state index in [2.05, 4.69) is 0 Å². The summed E-state index contributed by atoms with van der Waals surface area (Å²) in [6.45, 7) is 2.22. The molecular weight excluding hydrogens is 280 g/mol. The number of carbonyl (C=O) groups is 2. The number of carboxylic acid groups (broad SMARTS) is 1. The number of nitrogens with zero attached hydrogens (tertiary/aromatic N) is 1. The van der Waals surface area contributed by atoms with Crippen LogP contribution < -0.4 is 0 Å². The van der Waals surface area contributed by atoms with E-state index in [9.17, 15) is 18.4 Å². The Kier molecular flexibility index (Phi) is 4.55. The highest BCUT2D eigenvalue weighted by atomic mass is 19.1. The summed E-state index contributed by atoms with van der Waals surface area (Å²) in [6.07, 6.45) is 1.17. The second-order valence-electron chi connectivity index (χ2n) is 5.39. The monoisotopic (exact) mass is 297 g/mol. The average molecular weight is 297 g/mol. The molecule has 6 heteroatoms. The predicted octanol–water partition coefficient (Wildman–Crippen LogP) is 2.60. The number of hydrogen-bond donors (Lipinski definition) is 1. The fourth-order valence-corrected chi connectivity index (χ4v) is 2.59. The zero-order valence-electron chi connectivity index (χ0n) is 11.7. The van der Waals surface area contributed by atoms with E-state index in [0.29, 0.717) is 25.9 Å². The Morgan fingerprint density at radius 2 is 2.10 bits per heavy atom. The molecule has 1 aliphatic heterocycles. The molecule has 1 saturated heterocycles. The molecule has 21 heavy (non-hydrogen) atoms. The molecule has 0 aromatic heterocycles. The topological polar surface area (TPSA) is 57.6 Å². The van der Waals surface area contributed by atoms with E-state index in [1.165, 1.54) is 17.9 Å². The minimum Gasteiger partial charge on any atom is -0.481 e. The Hall–Kier alpha value is -1.98. The lowest BCUT2D eigenvalue weighted by Gasteiger charge is -2.18. The van der Waals surface area contributed by atoms with Crippen LogP contribution in [0.2, 0.25) is 0 Å². The Bertz CT molecular complexity index is 574. The van der Waals surface area contributed by atoms with Gasteiger partial charge in [0.15, 0.2) is 0 Å². The van der Waals surface area contributed by atoms with Crippen LogP contribution in [0, 0.1) is 24.5 Å². The van der Waals surface area contributed by atoms with Gasteiger partial charge >= 0.3 is 5.97 Å². The van der Waals surface area contributed by atoms with Gasteiger partial charge in [0.1, 0.15) is 17.2 Å². The summed E-state index contributed by atoms with van der Waals surface area (Å²) in [5.74, 6) is -3.16. The average Bonchev–Trinajstić information content (AvgIpc) is 2.90. The fourth-order valence-electron chi connectivity index (χ4n) is 2.59. The van der Waals surface area contributed by atoms with Gasteiger partial charge in [-0.1, -0.05) is 6.07 Å². The van der Waals surface area contributed by atoms with Crippen LogP contribution in [0.1, 0.15) is 35.2 Å². The van der Waals surface area contributed by atoms with E-state index in [1.807, 2.05) is 0 Å². The highest BCUT2D eigenvalue weighted by molar-refractivity contribution is 5.95. The Morgan fingerprint density at radius 1 is 1.38 bits per heavy atom. The van der Waals surface area contributed by atoms with Crippen molar-refractivity contribution in [3.05, 3.63) is 34.9 Å². The van der Waals surface area contributed by atoms with Crippen molar-refractivity contribution in [3.8, 4) is 0 Å². The zero-order valence-corrected chi connectivity index (χ0v) is 11.7. The lowest BCUT2D eigenvalue weighted by Crippen LogP contribution is -2.30. The van der Waals surface area contributed by atoms with Gasteiger partial charge < -0.3 is 10.0 Å². The van der Waals surface area contributed by atoms with Gasteiger partial charge in [-0.15, -0.1) is 0 Å². The highest BCUT2D eigenvalue weighted by Gasteiger charge is 2.30. The molecule has 0 bridgehead atoms. The molecule has 0 radical (unpaired) electrons. The van der Waals surface area contributed by atoms with Crippen LogP contribution in [-0.4, -0.2) is 35.0 Å². The Morgan fingerprint density at radius 3 is 2.76 bits per heavy atom. The van der Waals surface area contributed by atoms with Crippen molar-refractivity contribution < 1.29 is 23.5 Å². The van der Waals surface area contributed by atoms with Crippen molar-refractivity contribution >= 4 is 11.9 Å². The van der Waals surface area contributed by atoms with Crippen molar-refractivity contribution in [1.82, 2.24) is 4.90 Å². The standard InChI is InChI=1S/C15H17F2NO3/c1-9-2-4-11(16)13(14(9)17)15(21)18-7-6-10(8-18)3-5-12(19)20/h2,4,10H,3,5-8H2,1H3,(H,19,20). The third-order valence-corrected chi connectivity index (χ3v) is 3.84. The fraction of sp³-hybridized carbons (Fsp3) is 0.467. The summed E-state index contributed by atoms with van der Waals surface area (Å²) in [7, 11) is 0. The van der Waals surface area contributed by atoms with E-state index < -0.39 is 29.1 Å². The first-order valence-corrected chi connectivity index (χ1v) is 6.85. The second kappa shape index (κ2) is 6.20. The number of carbonyl (C=O) groups excluding carboxylic acids is 1. The van der Waals surface area contributed by atoms with E-state index in [4.69, 9.17) is 5.11 Å². The molecule has 1 unspecified atom stereocenters. The highest BCUT2D eigenvalue weighted by Crippen LogP contribution is 2.25. The molecule has 1 aromatic carbocycles. The van der Waals surface area contributed by atoms with Crippen molar-refractivity contribution in [2.75, 3.05) is 13.1 Å². The molecule has 0 saturated carbocycles. The number of rotatable bonds is 4. The van der Waals surface area contributed by atoms with Crippen LogP contribution in [0.3, 0.4) is 0 Å². The Labute approximate surface area is 121 Å². The number of halogens is 2. The van der Waals surface area contributed by atoms with Crippen LogP contribution in [0.4, 0.5) is 8.78 Å². The third kappa shape index (κ3) is 3.37. The van der Waals surface area contributed by atoms with Crippen molar-refractivity contribution in [3.63, 3.8) is 0 Å². The Balaban J connectivity index is 2.09. The SMILES string of the molecule is Cc1ccc(F)c(C(=O)N2CCC(CCC(=O)O)C2)c1F. The molecule has 1 atom stereocenters.